The minimum Gasteiger partial charge on any atom is -0.349 e. The molecule has 1 aromatic rings. The van der Waals surface area contributed by atoms with Crippen molar-refractivity contribution in [3.63, 3.8) is 0 Å². The number of carbonyl (C=O) groups excluding carboxylic acids is 2. The Hall–Kier alpha value is -1.84. The van der Waals surface area contributed by atoms with E-state index in [2.05, 4.69) is 18.2 Å². The van der Waals surface area contributed by atoms with E-state index in [9.17, 15) is 9.59 Å². The molecule has 0 spiro atoms. The molecule has 1 saturated heterocycles. The van der Waals surface area contributed by atoms with E-state index in [1.54, 1.807) is 19.0 Å². The van der Waals surface area contributed by atoms with E-state index in [1.165, 1.54) is 11.1 Å². The zero-order chi connectivity index (χ0) is 16.4. The van der Waals surface area contributed by atoms with Crippen molar-refractivity contribution in [2.24, 2.45) is 5.92 Å². The molecule has 1 heterocycles. The van der Waals surface area contributed by atoms with Gasteiger partial charge in [-0.2, -0.15) is 0 Å². The van der Waals surface area contributed by atoms with Crippen LogP contribution in [-0.4, -0.2) is 48.8 Å². The van der Waals surface area contributed by atoms with Crippen LogP contribution in [0.25, 0.3) is 0 Å². The quantitative estimate of drug-likeness (QED) is 0.841. The van der Waals surface area contributed by atoms with Gasteiger partial charge in [0.15, 0.2) is 0 Å². The summed E-state index contributed by atoms with van der Waals surface area (Å²) in [7, 11) is 3.61. The van der Waals surface area contributed by atoms with E-state index in [4.69, 9.17) is 0 Å². The molecule has 1 aromatic carbocycles. The highest BCUT2D eigenvalue weighted by Crippen LogP contribution is 2.34. The highest BCUT2D eigenvalue weighted by molar-refractivity contribution is 5.85. The fraction of sp³-hybridized carbons (Fsp3) is 0.579. The highest BCUT2D eigenvalue weighted by Gasteiger charge is 2.33. The molecule has 1 aliphatic heterocycles. The fourth-order valence-electron chi connectivity index (χ4n) is 3.94. The Morgan fingerprint density at radius 1 is 1.09 bits per heavy atom. The summed E-state index contributed by atoms with van der Waals surface area (Å²) in [4.78, 5) is 28.7. The van der Waals surface area contributed by atoms with Gasteiger partial charge in [0.05, 0.1) is 5.92 Å². The smallest absolute Gasteiger partial charge is 0.230 e. The van der Waals surface area contributed by atoms with Gasteiger partial charge in [0.2, 0.25) is 11.8 Å². The van der Waals surface area contributed by atoms with Crippen LogP contribution in [0.2, 0.25) is 0 Å². The molecule has 1 atom stereocenters. The lowest BCUT2D eigenvalue weighted by molar-refractivity contribution is -0.140. The molecular formula is C19H26N2O2. The van der Waals surface area contributed by atoms with Gasteiger partial charge in [-0.25, -0.2) is 0 Å². The van der Waals surface area contributed by atoms with E-state index in [0.29, 0.717) is 13.1 Å². The van der Waals surface area contributed by atoms with Gasteiger partial charge in [-0.3, -0.25) is 9.59 Å². The van der Waals surface area contributed by atoms with Crippen LogP contribution in [0.15, 0.2) is 24.3 Å². The maximum Gasteiger partial charge on any atom is 0.230 e. The van der Waals surface area contributed by atoms with Gasteiger partial charge in [-0.05, 0) is 43.2 Å². The summed E-state index contributed by atoms with van der Waals surface area (Å²) in [5, 5.41) is 0. The number of benzene rings is 1. The minimum absolute atomic E-state index is 0.0149. The number of likely N-dealkylation sites (tertiary alicyclic amines) is 1. The first-order chi connectivity index (χ1) is 11.1. The first-order valence-electron chi connectivity index (χ1n) is 8.65. The molecule has 1 fully saturated rings. The predicted molar refractivity (Wildman–Crippen MR) is 90.1 cm³/mol. The van der Waals surface area contributed by atoms with Crippen molar-refractivity contribution >= 4 is 11.8 Å². The molecule has 1 unspecified atom stereocenters. The summed E-state index contributed by atoms with van der Waals surface area (Å²) in [5.41, 5.74) is 2.55. The third-order valence-electron chi connectivity index (χ3n) is 5.26. The Balaban J connectivity index is 1.66. The monoisotopic (exact) mass is 314 g/mol. The van der Waals surface area contributed by atoms with Crippen molar-refractivity contribution < 1.29 is 9.59 Å². The Morgan fingerprint density at radius 2 is 1.78 bits per heavy atom. The molecule has 0 N–H and O–H groups in total. The Kier molecular flexibility index (Phi) is 4.69. The topological polar surface area (TPSA) is 40.6 Å². The number of fused-ring (bicyclic) bond motifs is 1. The highest BCUT2D eigenvalue weighted by atomic mass is 16.2. The Bertz CT molecular complexity index is 589. The normalized spacial score (nSPS) is 21.7. The molecule has 0 saturated carbocycles. The van der Waals surface area contributed by atoms with E-state index in [-0.39, 0.29) is 23.7 Å². The van der Waals surface area contributed by atoms with Crippen molar-refractivity contribution in [3.8, 4) is 0 Å². The van der Waals surface area contributed by atoms with Crippen LogP contribution >= 0.6 is 0 Å². The first kappa shape index (κ1) is 16.0. The molecule has 124 valence electrons. The first-order valence-corrected chi connectivity index (χ1v) is 8.65. The summed E-state index contributed by atoms with van der Waals surface area (Å²) in [5.74, 6) is 0.543. The Morgan fingerprint density at radius 3 is 2.48 bits per heavy atom. The molecule has 4 heteroatoms. The van der Waals surface area contributed by atoms with E-state index in [0.717, 1.165) is 32.1 Å². The van der Waals surface area contributed by atoms with Crippen LogP contribution < -0.4 is 0 Å². The third-order valence-corrected chi connectivity index (χ3v) is 5.26. The van der Waals surface area contributed by atoms with Gasteiger partial charge in [0, 0.05) is 33.1 Å². The van der Waals surface area contributed by atoms with Gasteiger partial charge in [0.25, 0.3) is 0 Å². The fourth-order valence-corrected chi connectivity index (χ4v) is 3.94. The summed E-state index contributed by atoms with van der Waals surface area (Å²) in [6.07, 6.45) is 4.70. The molecule has 2 aliphatic rings. The lowest BCUT2D eigenvalue weighted by atomic mass is 9.81. The van der Waals surface area contributed by atoms with Crippen LogP contribution in [0, 0.1) is 5.92 Å². The van der Waals surface area contributed by atoms with Crippen LogP contribution in [0.3, 0.4) is 0 Å². The average Bonchev–Trinajstić information content (AvgIpc) is 2.60. The van der Waals surface area contributed by atoms with Gasteiger partial charge in [-0.1, -0.05) is 24.3 Å². The second-order valence-corrected chi connectivity index (χ2v) is 6.98. The van der Waals surface area contributed by atoms with Crippen molar-refractivity contribution in [1.29, 1.82) is 0 Å². The molecule has 2 amide bonds. The maximum atomic E-state index is 13.0. The second kappa shape index (κ2) is 6.73. The number of rotatable bonds is 2. The molecule has 1 aliphatic carbocycles. The van der Waals surface area contributed by atoms with Gasteiger partial charge in [-0.15, -0.1) is 0 Å². The molecule has 0 radical (unpaired) electrons. The summed E-state index contributed by atoms with van der Waals surface area (Å²) < 4.78 is 0. The molecule has 0 aromatic heterocycles. The molecule has 4 nitrogen and oxygen atoms in total. The summed E-state index contributed by atoms with van der Waals surface area (Å²) in [6, 6.07) is 8.35. The standard InChI is InChI=1S/C19H26N2O2/c1-20(2)18(22)15-10-12-21(13-11-15)19(23)17-9-5-7-14-6-3-4-8-16(14)17/h3-4,6,8,15,17H,5,7,9-13H2,1-2H3. The van der Waals surface area contributed by atoms with Crippen LogP contribution in [-0.2, 0) is 16.0 Å². The summed E-state index contributed by atoms with van der Waals surface area (Å²) in [6.45, 7) is 1.42. The zero-order valence-corrected chi connectivity index (χ0v) is 14.1. The second-order valence-electron chi connectivity index (χ2n) is 6.98. The van der Waals surface area contributed by atoms with Crippen molar-refractivity contribution in [2.75, 3.05) is 27.2 Å². The number of aryl methyl sites for hydroxylation is 1. The van der Waals surface area contributed by atoms with Crippen LogP contribution in [0.4, 0.5) is 0 Å². The van der Waals surface area contributed by atoms with Crippen molar-refractivity contribution in [3.05, 3.63) is 35.4 Å². The minimum atomic E-state index is 0.0149. The van der Waals surface area contributed by atoms with Gasteiger partial charge >= 0.3 is 0 Å². The number of hydrogen-bond donors (Lipinski definition) is 0. The largest absolute Gasteiger partial charge is 0.349 e. The summed E-state index contributed by atoms with van der Waals surface area (Å²) >= 11 is 0. The van der Waals surface area contributed by atoms with E-state index >= 15 is 0 Å². The zero-order valence-electron chi connectivity index (χ0n) is 14.1. The van der Waals surface area contributed by atoms with Crippen molar-refractivity contribution in [1.82, 2.24) is 9.80 Å². The van der Waals surface area contributed by atoms with Crippen LogP contribution in [0.1, 0.15) is 42.7 Å². The van der Waals surface area contributed by atoms with Gasteiger partial charge in [0.1, 0.15) is 0 Å². The van der Waals surface area contributed by atoms with Crippen molar-refractivity contribution in [2.45, 2.75) is 38.0 Å². The van der Waals surface area contributed by atoms with E-state index in [1.807, 2.05) is 11.0 Å². The lowest BCUT2D eigenvalue weighted by Gasteiger charge is -2.36. The third kappa shape index (κ3) is 3.26. The lowest BCUT2D eigenvalue weighted by Crippen LogP contribution is -2.44. The molecule has 3 rings (SSSR count). The number of amides is 2. The molecular weight excluding hydrogens is 288 g/mol. The van der Waals surface area contributed by atoms with Gasteiger partial charge < -0.3 is 9.80 Å². The maximum absolute atomic E-state index is 13.0. The predicted octanol–water partition coefficient (Wildman–Crippen LogP) is 2.43. The molecule has 23 heavy (non-hydrogen) atoms. The number of carbonyl (C=O) groups is 2. The average molecular weight is 314 g/mol. The number of piperidine rings is 1. The Labute approximate surface area is 138 Å². The number of hydrogen-bond acceptors (Lipinski definition) is 2. The van der Waals surface area contributed by atoms with Crippen LogP contribution in [0.5, 0.6) is 0 Å². The SMILES string of the molecule is CN(C)C(=O)C1CCN(C(=O)C2CCCc3ccccc32)CC1. The van der Waals surface area contributed by atoms with E-state index < -0.39 is 0 Å². The number of nitrogens with zero attached hydrogens (tertiary/aromatic N) is 2. The molecule has 0 bridgehead atoms.